The molecule has 1 atom stereocenters. The number of allylic oxidation sites excluding steroid dienone is 4. The lowest BCUT2D eigenvalue weighted by molar-refractivity contribution is -0.167. The van der Waals surface area contributed by atoms with Gasteiger partial charge in [0, 0.05) is 19.3 Å². The molecule has 0 bridgehead atoms. The summed E-state index contributed by atoms with van der Waals surface area (Å²) in [5.74, 6) is -0.835. The molecule has 0 aliphatic heterocycles. The number of ether oxygens (including phenoxy) is 3. The minimum Gasteiger partial charge on any atom is -0.462 e. The molecule has 0 aliphatic carbocycles. The van der Waals surface area contributed by atoms with Gasteiger partial charge < -0.3 is 14.2 Å². The van der Waals surface area contributed by atoms with E-state index in [0.717, 1.165) is 57.8 Å². The van der Waals surface area contributed by atoms with Crippen molar-refractivity contribution < 1.29 is 28.6 Å². The number of hydrogen-bond acceptors (Lipinski definition) is 6. The molecule has 0 fully saturated rings. The van der Waals surface area contributed by atoms with Crippen LogP contribution in [0.3, 0.4) is 0 Å². The molecule has 0 aromatic heterocycles. The molecular weight excluding hydrogens is 973 g/mol. The van der Waals surface area contributed by atoms with E-state index in [-0.39, 0.29) is 31.1 Å². The van der Waals surface area contributed by atoms with Crippen LogP contribution in [0.15, 0.2) is 24.3 Å². The molecule has 79 heavy (non-hydrogen) atoms. The fraction of sp³-hybridized carbons (Fsp3) is 0.904. The zero-order valence-electron chi connectivity index (χ0n) is 53.7. The molecule has 0 aromatic carbocycles. The third-order valence-corrected chi connectivity index (χ3v) is 16.4. The standard InChI is InChI=1S/C73H138O6/c1-4-7-10-13-16-19-22-25-28-30-32-33-34-35-36-37-38-39-41-42-45-48-51-54-57-60-63-66-72(75)78-69-70(68-77-71(74)65-62-59-56-53-50-47-44-27-24-21-18-15-12-9-6-3)79-73(76)67-64-61-58-55-52-49-46-43-40-31-29-26-23-20-17-14-11-8-5-2/h26,29-30,32,70H,4-25,27-28,31,33-69H2,1-3H3/b29-26-,32-30-. The van der Waals surface area contributed by atoms with E-state index in [4.69, 9.17) is 14.2 Å². The lowest BCUT2D eigenvalue weighted by atomic mass is 10.0. The quantitative estimate of drug-likeness (QED) is 0.0261. The summed E-state index contributed by atoms with van der Waals surface area (Å²) < 4.78 is 17.0. The Hall–Kier alpha value is -2.11. The maximum Gasteiger partial charge on any atom is 0.306 e. The van der Waals surface area contributed by atoms with Crippen molar-refractivity contribution in [2.75, 3.05) is 13.2 Å². The summed E-state index contributed by atoms with van der Waals surface area (Å²) in [5.41, 5.74) is 0. The van der Waals surface area contributed by atoms with Gasteiger partial charge in [-0.1, -0.05) is 340 Å². The Morgan fingerprint density at radius 2 is 0.418 bits per heavy atom. The molecule has 0 saturated carbocycles. The smallest absolute Gasteiger partial charge is 0.306 e. The average Bonchev–Trinajstić information content (AvgIpc) is 3.45. The molecule has 0 amide bonds. The van der Waals surface area contributed by atoms with Gasteiger partial charge >= 0.3 is 17.9 Å². The third kappa shape index (κ3) is 66.6. The van der Waals surface area contributed by atoms with Crippen molar-refractivity contribution in [2.24, 2.45) is 0 Å². The van der Waals surface area contributed by atoms with Gasteiger partial charge in [0.25, 0.3) is 0 Å². The van der Waals surface area contributed by atoms with E-state index in [9.17, 15) is 14.4 Å². The van der Waals surface area contributed by atoms with Crippen LogP contribution in [0.2, 0.25) is 0 Å². The topological polar surface area (TPSA) is 78.9 Å². The highest BCUT2D eigenvalue weighted by molar-refractivity contribution is 5.71. The van der Waals surface area contributed by atoms with Crippen LogP contribution in [-0.4, -0.2) is 37.2 Å². The summed E-state index contributed by atoms with van der Waals surface area (Å²) in [7, 11) is 0. The van der Waals surface area contributed by atoms with Crippen LogP contribution in [0.25, 0.3) is 0 Å². The Morgan fingerprint density at radius 1 is 0.241 bits per heavy atom. The molecule has 466 valence electrons. The van der Waals surface area contributed by atoms with Gasteiger partial charge in [-0.05, 0) is 70.6 Å². The summed E-state index contributed by atoms with van der Waals surface area (Å²) in [5, 5.41) is 0. The minimum atomic E-state index is -0.770. The fourth-order valence-corrected chi connectivity index (χ4v) is 11.0. The minimum absolute atomic E-state index is 0.0657. The second-order valence-electron chi connectivity index (χ2n) is 24.5. The molecule has 1 unspecified atom stereocenters. The molecular formula is C73H138O6. The number of rotatable bonds is 67. The van der Waals surface area contributed by atoms with Crippen LogP contribution in [0.1, 0.15) is 406 Å². The largest absolute Gasteiger partial charge is 0.462 e. The van der Waals surface area contributed by atoms with Crippen molar-refractivity contribution in [3.05, 3.63) is 24.3 Å². The van der Waals surface area contributed by atoms with Gasteiger partial charge in [-0.15, -0.1) is 0 Å². The summed E-state index contributed by atoms with van der Waals surface area (Å²) in [6.45, 7) is 6.72. The van der Waals surface area contributed by atoms with Crippen LogP contribution in [-0.2, 0) is 28.6 Å². The predicted octanol–water partition coefficient (Wildman–Crippen LogP) is 24.6. The molecule has 6 nitrogen and oxygen atoms in total. The van der Waals surface area contributed by atoms with Gasteiger partial charge in [0.2, 0.25) is 0 Å². The fourth-order valence-electron chi connectivity index (χ4n) is 11.0. The van der Waals surface area contributed by atoms with E-state index in [2.05, 4.69) is 45.1 Å². The molecule has 0 heterocycles. The highest BCUT2D eigenvalue weighted by atomic mass is 16.6. The number of unbranched alkanes of at least 4 members (excludes halogenated alkanes) is 52. The zero-order valence-corrected chi connectivity index (χ0v) is 53.7. The molecule has 0 spiro atoms. The van der Waals surface area contributed by atoms with E-state index >= 15 is 0 Å². The Balaban J connectivity index is 4.23. The van der Waals surface area contributed by atoms with Gasteiger partial charge in [-0.2, -0.15) is 0 Å². The first kappa shape index (κ1) is 76.9. The van der Waals surface area contributed by atoms with Gasteiger partial charge in [0.05, 0.1) is 0 Å². The summed E-state index contributed by atoms with van der Waals surface area (Å²) in [6.07, 6.45) is 83.5. The van der Waals surface area contributed by atoms with E-state index in [1.807, 2.05) is 0 Å². The first-order chi connectivity index (χ1) is 39.0. The number of carbonyl (C=O) groups is 3. The molecule has 0 saturated heterocycles. The highest BCUT2D eigenvalue weighted by Crippen LogP contribution is 2.19. The Kier molecular flexibility index (Phi) is 66.6. The van der Waals surface area contributed by atoms with Crippen molar-refractivity contribution in [3.63, 3.8) is 0 Å². The lowest BCUT2D eigenvalue weighted by Crippen LogP contribution is -2.30. The SMILES string of the molecule is CCCCCCCC/C=C\CCCCCCCCCCCC(=O)OC(COC(=O)CCCCCCCCCCCCCCCCC)COC(=O)CCCCCCCCCCCCCCCCC/C=C\CCCCCCCCCC. The first-order valence-electron chi connectivity index (χ1n) is 35.8. The van der Waals surface area contributed by atoms with Gasteiger partial charge in [-0.25, -0.2) is 0 Å². The van der Waals surface area contributed by atoms with E-state index in [1.54, 1.807) is 0 Å². The zero-order chi connectivity index (χ0) is 57.1. The van der Waals surface area contributed by atoms with Gasteiger partial charge in [0.15, 0.2) is 6.10 Å². The normalized spacial score (nSPS) is 12.1. The first-order valence-corrected chi connectivity index (χ1v) is 35.8. The monoisotopic (exact) mass is 1110 g/mol. The van der Waals surface area contributed by atoms with Crippen LogP contribution in [0.5, 0.6) is 0 Å². The summed E-state index contributed by atoms with van der Waals surface area (Å²) in [4.78, 5) is 38.4. The van der Waals surface area contributed by atoms with Crippen molar-refractivity contribution >= 4 is 17.9 Å². The van der Waals surface area contributed by atoms with Crippen LogP contribution in [0.4, 0.5) is 0 Å². The van der Waals surface area contributed by atoms with Crippen LogP contribution in [0, 0.1) is 0 Å². The second-order valence-corrected chi connectivity index (χ2v) is 24.5. The molecule has 6 heteroatoms. The van der Waals surface area contributed by atoms with Crippen molar-refractivity contribution in [1.82, 2.24) is 0 Å². The molecule has 0 aliphatic rings. The van der Waals surface area contributed by atoms with E-state index in [1.165, 1.54) is 308 Å². The number of esters is 3. The maximum absolute atomic E-state index is 12.9. The molecule has 0 aromatic rings. The van der Waals surface area contributed by atoms with E-state index in [0.29, 0.717) is 19.3 Å². The lowest BCUT2D eigenvalue weighted by Gasteiger charge is -2.18. The Labute approximate surface area is 493 Å². The number of hydrogen-bond donors (Lipinski definition) is 0. The summed E-state index contributed by atoms with van der Waals surface area (Å²) in [6, 6.07) is 0. The Morgan fingerprint density at radius 3 is 0.633 bits per heavy atom. The highest BCUT2D eigenvalue weighted by Gasteiger charge is 2.19. The van der Waals surface area contributed by atoms with Crippen molar-refractivity contribution in [1.29, 1.82) is 0 Å². The van der Waals surface area contributed by atoms with Gasteiger partial charge in [-0.3, -0.25) is 14.4 Å². The van der Waals surface area contributed by atoms with E-state index < -0.39 is 6.10 Å². The number of carbonyl (C=O) groups excluding carboxylic acids is 3. The molecule has 0 N–H and O–H groups in total. The maximum atomic E-state index is 12.9. The van der Waals surface area contributed by atoms with Crippen LogP contribution < -0.4 is 0 Å². The van der Waals surface area contributed by atoms with Crippen LogP contribution >= 0.6 is 0 Å². The van der Waals surface area contributed by atoms with Crippen molar-refractivity contribution in [2.45, 2.75) is 412 Å². The molecule has 0 rings (SSSR count). The van der Waals surface area contributed by atoms with Crippen molar-refractivity contribution in [3.8, 4) is 0 Å². The van der Waals surface area contributed by atoms with Gasteiger partial charge in [0.1, 0.15) is 13.2 Å². The molecule has 0 radical (unpaired) electrons. The average molecular weight is 1110 g/mol. The Bertz CT molecular complexity index is 1270. The third-order valence-electron chi connectivity index (χ3n) is 16.4. The second kappa shape index (κ2) is 68.4. The predicted molar refractivity (Wildman–Crippen MR) is 344 cm³/mol. The summed E-state index contributed by atoms with van der Waals surface area (Å²) >= 11 is 0.